The van der Waals surface area contributed by atoms with E-state index in [1.54, 1.807) is 35.4 Å². The SMILES string of the molecule is COc1cc(F)cc(-c2ncc(Cn3ncc4cc(C(F)F)ccc43)cn2)c1. The summed E-state index contributed by atoms with van der Waals surface area (Å²) in [6.07, 6.45) is 2.28. The molecule has 2 heterocycles. The van der Waals surface area contributed by atoms with E-state index in [4.69, 9.17) is 4.74 Å². The Labute approximate surface area is 158 Å². The van der Waals surface area contributed by atoms with E-state index in [1.807, 2.05) is 0 Å². The zero-order valence-corrected chi connectivity index (χ0v) is 14.8. The van der Waals surface area contributed by atoms with Crippen LogP contribution in [-0.4, -0.2) is 26.9 Å². The minimum absolute atomic E-state index is 0.0368. The van der Waals surface area contributed by atoms with E-state index in [2.05, 4.69) is 15.1 Å². The maximum Gasteiger partial charge on any atom is 0.263 e. The van der Waals surface area contributed by atoms with Crippen LogP contribution in [0.4, 0.5) is 13.2 Å². The second-order valence-electron chi connectivity index (χ2n) is 6.22. The van der Waals surface area contributed by atoms with Gasteiger partial charge in [-0.2, -0.15) is 5.10 Å². The standard InChI is InChI=1S/C20H15F3N4O/c1-28-17-6-14(5-16(21)7-17)20-24-8-12(9-25-20)11-27-18-3-2-13(19(22)23)4-15(18)10-26-27/h2-10,19H,11H2,1H3. The number of aromatic nitrogens is 4. The van der Waals surface area contributed by atoms with E-state index in [0.29, 0.717) is 29.1 Å². The second-order valence-corrected chi connectivity index (χ2v) is 6.22. The van der Waals surface area contributed by atoms with Crippen LogP contribution in [0.1, 0.15) is 17.6 Å². The van der Waals surface area contributed by atoms with Crippen molar-refractivity contribution in [1.82, 2.24) is 19.7 Å². The normalized spacial score (nSPS) is 11.3. The van der Waals surface area contributed by atoms with Crippen LogP contribution in [0.15, 0.2) is 55.0 Å². The van der Waals surface area contributed by atoms with Crippen LogP contribution < -0.4 is 4.74 Å². The predicted molar refractivity (Wildman–Crippen MR) is 97.8 cm³/mol. The molecule has 0 spiro atoms. The maximum atomic E-state index is 13.7. The number of halogens is 3. The first-order chi connectivity index (χ1) is 13.5. The Morgan fingerprint density at radius 1 is 1.04 bits per heavy atom. The lowest BCUT2D eigenvalue weighted by molar-refractivity contribution is 0.151. The molecule has 5 nitrogen and oxygen atoms in total. The highest BCUT2D eigenvalue weighted by atomic mass is 19.3. The quantitative estimate of drug-likeness (QED) is 0.504. The smallest absolute Gasteiger partial charge is 0.263 e. The zero-order chi connectivity index (χ0) is 19.7. The topological polar surface area (TPSA) is 52.8 Å². The largest absolute Gasteiger partial charge is 0.497 e. The van der Waals surface area contributed by atoms with Crippen molar-refractivity contribution in [1.29, 1.82) is 0 Å². The van der Waals surface area contributed by atoms with Gasteiger partial charge in [0, 0.05) is 40.5 Å². The third kappa shape index (κ3) is 3.53. The molecule has 0 fully saturated rings. The molecule has 0 saturated carbocycles. The molecule has 0 N–H and O–H groups in total. The summed E-state index contributed by atoms with van der Waals surface area (Å²) in [4.78, 5) is 8.58. The van der Waals surface area contributed by atoms with Gasteiger partial charge in [-0.3, -0.25) is 4.68 Å². The minimum atomic E-state index is -2.52. The van der Waals surface area contributed by atoms with Crippen molar-refractivity contribution in [3.63, 3.8) is 0 Å². The van der Waals surface area contributed by atoms with Crippen molar-refractivity contribution >= 4 is 10.9 Å². The highest BCUT2D eigenvalue weighted by Crippen LogP contribution is 2.25. The van der Waals surface area contributed by atoms with Gasteiger partial charge in [0.1, 0.15) is 11.6 Å². The molecule has 0 bridgehead atoms. The molecule has 4 aromatic rings. The van der Waals surface area contributed by atoms with Gasteiger partial charge in [-0.05, 0) is 24.3 Å². The summed E-state index contributed by atoms with van der Waals surface area (Å²) in [5.41, 5.74) is 1.98. The Balaban J connectivity index is 1.58. The Bertz CT molecular complexity index is 1130. The molecule has 0 radical (unpaired) electrons. The van der Waals surface area contributed by atoms with Crippen LogP contribution >= 0.6 is 0 Å². The minimum Gasteiger partial charge on any atom is -0.497 e. The molecule has 0 saturated heterocycles. The van der Waals surface area contributed by atoms with Gasteiger partial charge in [-0.1, -0.05) is 6.07 Å². The lowest BCUT2D eigenvalue weighted by Crippen LogP contribution is -2.03. The van der Waals surface area contributed by atoms with E-state index >= 15 is 0 Å². The second kappa shape index (κ2) is 7.30. The van der Waals surface area contributed by atoms with E-state index in [9.17, 15) is 13.2 Å². The fourth-order valence-electron chi connectivity index (χ4n) is 2.94. The number of alkyl halides is 2. The molecule has 4 rings (SSSR count). The maximum absolute atomic E-state index is 13.7. The lowest BCUT2D eigenvalue weighted by Gasteiger charge is -2.07. The van der Waals surface area contributed by atoms with Crippen molar-refractivity contribution < 1.29 is 17.9 Å². The number of fused-ring (bicyclic) bond motifs is 1. The Kier molecular flexibility index (Phi) is 4.68. The van der Waals surface area contributed by atoms with Crippen molar-refractivity contribution in [3.8, 4) is 17.1 Å². The molecule has 0 aliphatic carbocycles. The van der Waals surface area contributed by atoms with Gasteiger partial charge in [-0.15, -0.1) is 0 Å². The number of rotatable bonds is 5. The van der Waals surface area contributed by atoms with Crippen LogP contribution in [0, 0.1) is 5.82 Å². The summed E-state index contributed by atoms with van der Waals surface area (Å²) in [7, 11) is 1.46. The monoisotopic (exact) mass is 384 g/mol. The molecule has 0 atom stereocenters. The number of benzene rings is 2. The average molecular weight is 384 g/mol. The molecule has 0 amide bonds. The van der Waals surface area contributed by atoms with Crippen LogP contribution in [0.2, 0.25) is 0 Å². The van der Waals surface area contributed by atoms with Crippen LogP contribution in [0.25, 0.3) is 22.3 Å². The van der Waals surface area contributed by atoms with Crippen LogP contribution in [-0.2, 0) is 6.54 Å². The van der Waals surface area contributed by atoms with Gasteiger partial charge in [0.25, 0.3) is 6.43 Å². The van der Waals surface area contributed by atoms with Crippen molar-refractivity contribution in [2.24, 2.45) is 0 Å². The third-order valence-electron chi connectivity index (χ3n) is 4.32. The number of methoxy groups -OCH3 is 1. The molecule has 0 unspecified atom stereocenters. The Morgan fingerprint density at radius 2 is 1.82 bits per heavy atom. The molecule has 28 heavy (non-hydrogen) atoms. The summed E-state index contributed by atoms with van der Waals surface area (Å²) in [6, 6.07) is 8.71. The molecule has 0 aliphatic rings. The van der Waals surface area contributed by atoms with Crippen LogP contribution in [0.5, 0.6) is 5.75 Å². The van der Waals surface area contributed by atoms with Gasteiger partial charge in [0.05, 0.1) is 25.4 Å². The first kappa shape index (κ1) is 18.0. The molecule has 2 aromatic heterocycles. The number of ether oxygens (including phenoxy) is 1. The van der Waals surface area contributed by atoms with Crippen molar-refractivity contribution in [2.45, 2.75) is 13.0 Å². The summed E-state index contributed by atoms with van der Waals surface area (Å²) >= 11 is 0. The number of hydrogen-bond acceptors (Lipinski definition) is 4. The summed E-state index contributed by atoms with van der Waals surface area (Å²) in [5, 5.41) is 4.90. The Hall–Kier alpha value is -3.42. The van der Waals surface area contributed by atoms with E-state index in [-0.39, 0.29) is 5.56 Å². The first-order valence-electron chi connectivity index (χ1n) is 8.43. The summed E-state index contributed by atoms with van der Waals surface area (Å²) in [5.74, 6) is 0.315. The molecular weight excluding hydrogens is 369 g/mol. The molecular formula is C20H15F3N4O. The molecule has 8 heteroatoms. The van der Waals surface area contributed by atoms with Gasteiger partial charge in [0.2, 0.25) is 0 Å². The highest BCUT2D eigenvalue weighted by Gasteiger charge is 2.11. The van der Waals surface area contributed by atoms with Crippen LogP contribution in [0.3, 0.4) is 0 Å². The molecule has 0 aliphatic heterocycles. The van der Waals surface area contributed by atoms with E-state index in [0.717, 1.165) is 11.1 Å². The van der Waals surface area contributed by atoms with Gasteiger partial charge in [-0.25, -0.2) is 23.1 Å². The zero-order valence-electron chi connectivity index (χ0n) is 14.8. The summed E-state index contributed by atoms with van der Waals surface area (Å²) in [6.45, 7) is 0.379. The number of nitrogens with zero attached hydrogens (tertiary/aromatic N) is 4. The Morgan fingerprint density at radius 3 is 2.54 bits per heavy atom. The van der Waals surface area contributed by atoms with Gasteiger partial charge < -0.3 is 4.74 Å². The highest BCUT2D eigenvalue weighted by molar-refractivity contribution is 5.79. The fraction of sp³-hybridized carbons (Fsp3) is 0.150. The number of hydrogen-bond donors (Lipinski definition) is 0. The van der Waals surface area contributed by atoms with E-state index in [1.165, 1.54) is 31.4 Å². The molecule has 2 aromatic carbocycles. The predicted octanol–water partition coefficient (Wildman–Crippen LogP) is 4.63. The average Bonchev–Trinajstić information content (AvgIpc) is 3.10. The van der Waals surface area contributed by atoms with Gasteiger partial charge in [0.15, 0.2) is 5.82 Å². The third-order valence-corrected chi connectivity index (χ3v) is 4.32. The molecule has 142 valence electrons. The van der Waals surface area contributed by atoms with Crippen molar-refractivity contribution in [2.75, 3.05) is 7.11 Å². The fourth-order valence-corrected chi connectivity index (χ4v) is 2.94. The van der Waals surface area contributed by atoms with Crippen molar-refractivity contribution in [3.05, 3.63) is 71.9 Å². The van der Waals surface area contributed by atoms with E-state index < -0.39 is 12.2 Å². The first-order valence-corrected chi connectivity index (χ1v) is 8.43. The lowest BCUT2D eigenvalue weighted by atomic mass is 10.1. The summed E-state index contributed by atoms with van der Waals surface area (Å²) < 4.78 is 46.1. The van der Waals surface area contributed by atoms with Gasteiger partial charge >= 0.3 is 0 Å².